The van der Waals surface area contributed by atoms with Gasteiger partial charge in [-0.25, -0.2) is 13.1 Å². The third kappa shape index (κ3) is 2.95. The Bertz CT molecular complexity index is 1230. The maximum atomic E-state index is 12.5. The minimum Gasteiger partial charge on any atom is -0.454 e. The van der Waals surface area contributed by atoms with Crippen LogP contribution in [0.15, 0.2) is 50.9 Å². The Kier molecular flexibility index (Phi) is 3.78. The van der Waals surface area contributed by atoms with Crippen molar-refractivity contribution >= 4 is 21.1 Å². The molecule has 0 aliphatic carbocycles. The normalized spacial score (nSPS) is 13.2. The van der Waals surface area contributed by atoms with Gasteiger partial charge in [0.25, 0.3) is 0 Å². The number of aromatic nitrogens is 2. The van der Waals surface area contributed by atoms with E-state index in [2.05, 4.69) is 14.7 Å². The summed E-state index contributed by atoms with van der Waals surface area (Å²) >= 11 is 0. The molecule has 26 heavy (non-hydrogen) atoms. The van der Waals surface area contributed by atoms with Gasteiger partial charge in [0.1, 0.15) is 0 Å². The Labute approximate surface area is 146 Å². The minimum absolute atomic E-state index is 0.0338. The molecule has 0 saturated heterocycles. The molecule has 4 rings (SSSR count). The first kappa shape index (κ1) is 16.4. The average molecular weight is 375 g/mol. The van der Waals surface area contributed by atoms with Gasteiger partial charge >= 0.3 is 11.1 Å². The van der Waals surface area contributed by atoms with Crippen molar-refractivity contribution in [3.63, 3.8) is 0 Å². The van der Waals surface area contributed by atoms with Crippen LogP contribution in [0.3, 0.4) is 0 Å². The molecule has 0 radical (unpaired) electrons. The van der Waals surface area contributed by atoms with Gasteiger partial charge in [0.15, 0.2) is 11.5 Å². The minimum atomic E-state index is -3.82. The number of H-pyrrole nitrogens is 2. The molecule has 3 N–H and O–H groups in total. The molecule has 0 unspecified atom stereocenters. The first-order chi connectivity index (χ1) is 12.4. The zero-order chi connectivity index (χ0) is 18.3. The van der Waals surface area contributed by atoms with E-state index in [1.807, 2.05) is 0 Å². The fraction of sp³-hybridized carbons (Fsp3) is 0.125. The van der Waals surface area contributed by atoms with Gasteiger partial charge < -0.3 is 19.4 Å². The van der Waals surface area contributed by atoms with Crippen LogP contribution in [0.25, 0.3) is 11.0 Å². The summed E-state index contributed by atoms with van der Waals surface area (Å²) in [6.45, 7) is 0.195. The second-order valence-corrected chi connectivity index (χ2v) is 7.39. The van der Waals surface area contributed by atoms with Crippen LogP contribution in [-0.4, -0.2) is 25.2 Å². The number of rotatable bonds is 4. The molecular weight excluding hydrogens is 362 g/mol. The van der Waals surface area contributed by atoms with Crippen molar-refractivity contribution < 1.29 is 17.9 Å². The highest BCUT2D eigenvalue weighted by Crippen LogP contribution is 2.32. The zero-order valence-electron chi connectivity index (χ0n) is 13.2. The molecule has 0 fully saturated rings. The lowest BCUT2D eigenvalue weighted by Gasteiger charge is -2.08. The van der Waals surface area contributed by atoms with Crippen molar-refractivity contribution in [1.29, 1.82) is 0 Å². The molecular formula is C16H13N3O6S. The first-order valence-corrected chi connectivity index (χ1v) is 9.05. The van der Waals surface area contributed by atoms with Gasteiger partial charge in [0.2, 0.25) is 16.8 Å². The summed E-state index contributed by atoms with van der Waals surface area (Å²) in [5.41, 5.74) is -0.379. The molecule has 10 heteroatoms. The summed E-state index contributed by atoms with van der Waals surface area (Å²) < 4.78 is 38.0. The van der Waals surface area contributed by atoms with Gasteiger partial charge in [-0.3, -0.25) is 9.59 Å². The molecule has 0 bridgehead atoms. The maximum Gasteiger partial charge on any atom is 0.314 e. The van der Waals surface area contributed by atoms with E-state index >= 15 is 0 Å². The monoisotopic (exact) mass is 375 g/mol. The number of nitrogens with one attached hydrogen (secondary N) is 3. The third-order valence-electron chi connectivity index (χ3n) is 3.91. The number of hydrogen-bond donors (Lipinski definition) is 3. The number of hydrogen-bond acceptors (Lipinski definition) is 6. The summed E-state index contributed by atoms with van der Waals surface area (Å²) in [5.74, 6) is 1.18. The predicted octanol–water partition coefficient (Wildman–Crippen LogP) is 0.424. The lowest BCUT2D eigenvalue weighted by atomic mass is 10.2. The Balaban J connectivity index is 1.60. The average Bonchev–Trinajstić information content (AvgIpc) is 3.08. The zero-order valence-corrected chi connectivity index (χ0v) is 14.1. The van der Waals surface area contributed by atoms with Crippen molar-refractivity contribution in [2.75, 3.05) is 6.79 Å². The molecule has 2 aromatic carbocycles. The van der Waals surface area contributed by atoms with Crippen LogP contribution in [0.2, 0.25) is 0 Å². The fourth-order valence-corrected chi connectivity index (χ4v) is 3.62. The van der Waals surface area contributed by atoms with Gasteiger partial charge in [-0.1, -0.05) is 6.07 Å². The number of sulfonamides is 1. The highest BCUT2D eigenvalue weighted by molar-refractivity contribution is 7.89. The van der Waals surface area contributed by atoms with Crippen LogP contribution < -0.4 is 25.3 Å². The SMILES string of the molecule is O=c1[nH]c2ccc(S(=O)(=O)NCc3ccc4c(c3)OCO4)cc2[nH]c1=O. The van der Waals surface area contributed by atoms with Crippen molar-refractivity contribution in [3.05, 3.63) is 62.7 Å². The van der Waals surface area contributed by atoms with Crippen LogP contribution in [-0.2, 0) is 16.6 Å². The van der Waals surface area contributed by atoms with Gasteiger partial charge in [-0.2, -0.15) is 0 Å². The maximum absolute atomic E-state index is 12.5. The number of aromatic amines is 2. The molecule has 0 amide bonds. The lowest BCUT2D eigenvalue weighted by molar-refractivity contribution is 0.174. The Morgan fingerprint density at radius 1 is 0.923 bits per heavy atom. The van der Waals surface area contributed by atoms with Crippen molar-refractivity contribution in [3.8, 4) is 11.5 Å². The number of ether oxygens (including phenoxy) is 2. The van der Waals surface area contributed by atoms with E-state index in [9.17, 15) is 18.0 Å². The van der Waals surface area contributed by atoms with E-state index in [-0.39, 0.29) is 23.7 Å². The molecule has 3 aromatic rings. The van der Waals surface area contributed by atoms with E-state index in [1.54, 1.807) is 18.2 Å². The predicted molar refractivity (Wildman–Crippen MR) is 91.8 cm³/mol. The Morgan fingerprint density at radius 3 is 2.46 bits per heavy atom. The molecule has 134 valence electrons. The first-order valence-electron chi connectivity index (χ1n) is 7.57. The largest absolute Gasteiger partial charge is 0.454 e. The standard InChI is InChI=1S/C16H13N3O6S/c20-15-16(21)19-12-6-10(2-3-11(12)18-15)26(22,23)17-7-9-1-4-13-14(5-9)25-8-24-13/h1-6,17H,7-8H2,(H,18,20)(H,19,21). The summed E-state index contributed by atoms with van der Waals surface area (Å²) in [4.78, 5) is 27.4. The molecule has 0 saturated carbocycles. The van der Waals surface area contributed by atoms with Crippen LogP contribution in [0, 0.1) is 0 Å². The highest BCUT2D eigenvalue weighted by Gasteiger charge is 2.17. The lowest BCUT2D eigenvalue weighted by Crippen LogP contribution is -2.29. The van der Waals surface area contributed by atoms with Gasteiger partial charge in [-0.15, -0.1) is 0 Å². The van der Waals surface area contributed by atoms with E-state index in [0.29, 0.717) is 22.6 Å². The summed E-state index contributed by atoms with van der Waals surface area (Å²) in [6, 6.07) is 9.20. The van der Waals surface area contributed by atoms with E-state index in [0.717, 1.165) is 0 Å². The van der Waals surface area contributed by atoms with E-state index in [4.69, 9.17) is 9.47 Å². The quantitative estimate of drug-likeness (QED) is 0.567. The van der Waals surface area contributed by atoms with Crippen LogP contribution in [0.5, 0.6) is 11.5 Å². The van der Waals surface area contributed by atoms with E-state index < -0.39 is 21.1 Å². The van der Waals surface area contributed by atoms with Crippen molar-refractivity contribution in [2.45, 2.75) is 11.4 Å². The van der Waals surface area contributed by atoms with Crippen LogP contribution >= 0.6 is 0 Å². The molecule has 0 spiro atoms. The number of benzene rings is 2. The summed E-state index contributed by atoms with van der Waals surface area (Å²) in [7, 11) is -3.82. The van der Waals surface area contributed by atoms with Crippen LogP contribution in [0.1, 0.15) is 5.56 Å². The second-order valence-electron chi connectivity index (χ2n) is 5.63. The molecule has 1 aliphatic heterocycles. The molecule has 2 heterocycles. The fourth-order valence-electron chi connectivity index (χ4n) is 2.57. The number of fused-ring (bicyclic) bond motifs is 2. The second kappa shape index (κ2) is 6.00. The smallest absolute Gasteiger partial charge is 0.314 e. The van der Waals surface area contributed by atoms with Crippen molar-refractivity contribution in [2.24, 2.45) is 0 Å². The van der Waals surface area contributed by atoms with Crippen LogP contribution in [0.4, 0.5) is 0 Å². The topological polar surface area (TPSA) is 130 Å². The molecule has 0 atom stereocenters. The summed E-state index contributed by atoms with van der Waals surface area (Å²) in [5, 5.41) is 0. The molecule has 1 aliphatic rings. The third-order valence-corrected chi connectivity index (χ3v) is 5.31. The Hall–Kier alpha value is -3.11. The summed E-state index contributed by atoms with van der Waals surface area (Å²) in [6.07, 6.45) is 0. The molecule has 9 nitrogen and oxygen atoms in total. The van der Waals surface area contributed by atoms with Gasteiger partial charge in [-0.05, 0) is 35.9 Å². The Morgan fingerprint density at radius 2 is 1.65 bits per heavy atom. The van der Waals surface area contributed by atoms with Gasteiger partial charge in [0, 0.05) is 6.54 Å². The van der Waals surface area contributed by atoms with Gasteiger partial charge in [0.05, 0.1) is 15.9 Å². The van der Waals surface area contributed by atoms with E-state index in [1.165, 1.54) is 18.2 Å². The highest BCUT2D eigenvalue weighted by atomic mass is 32.2. The van der Waals surface area contributed by atoms with Crippen molar-refractivity contribution in [1.82, 2.24) is 14.7 Å². The molecule has 1 aromatic heterocycles.